The summed E-state index contributed by atoms with van der Waals surface area (Å²) in [5.74, 6) is -0.585. The van der Waals surface area contributed by atoms with Gasteiger partial charge in [0.15, 0.2) is 0 Å². The maximum Gasteiger partial charge on any atom is 0.146 e. The van der Waals surface area contributed by atoms with Crippen molar-refractivity contribution in [1.82, 2.24) is 0 Å². The Morgan fingerprint density at radius 2 is 1.92 bits per heavy atom. The van der Waals surface area contributed by atoms with Crippen LogP contribution < -0.4 is 5.73 Å². The number of halogens is 3. The molecule has 13 heavy (non-hydrogen) atoms. The van der Waals surface area contributed by atoms with Gasteiger partial charge >= 0.3 is 0 Å². The van der Waals surface area contributed by atoms with E-state index in [-0.39, 0.29) is 10.9 Å². The first kappa shape index (κ1) is 10.8. The lowest BCUT2D eigenvalue weighted by Crippen LogP contribution is -2.11. The third kappa shape index (κ3) is 2.13. The predicted molar refractivity (Wildman–Crippen MR) is 53.9 cm³/mol. The summed E-state index contributed by atoms with van der Waals surface area (Å²) in [6.45, 7) is 2.15. The highest BCUT2D eigenvalue weighted by molar-refractivity contribution is 6.33. The molecule has 0 aliphatic carbocycles. The minimum Gasteiger partial charge on any atom is -0.330 e. The van der Waals surface area contributed by atoms with Gasteiger partial charge in [0.25, 0.3) is 0 Å². The second kappa shape index (κ2) is 4.27. The first-order chi connectivity index (χ1) is 6.07. The van der Waals surface area contributed by atoms with Crippen LogP contribution in [0.5, 0.6) is 0 Å². The van der Waals surface area contributed by atoms with Crippen LogP contribution in [0, 0.1) is 5.82 Å². The van der Waals surface area contributed by atoms with Crippen molar-refractivity contribution in [3.8, 4) is 0 Å². The molecule has 0 aliphatic heterocycles. The van der Waals surface area contributed by atoms with E-state index in [9.17, 15) is 4.39 Å². The van der Waals surface area contributed by atoms with E-state index in [1.807, 2.05) is 0 Å². The molecule has 1 atom stereocenters. The van der Waals surface area contributed by atoms with Gasteiger partial charge in [0.1, 0.15) is 5.82 Å². The van der Waals surface area contributed by atoms with Crippen molar-refractivity contribution in [2.75, 3.05) is 6.54 Å². The van der Waals surface area contributed by atoms with E-state index in [1.165, 1.54) is 6.07 Å². The fraction of sp³-hybridized carbons (Fsp3) is 0.333. The summed E-state index contributed by atoms with van der Waals surface area (Å²) in [4.78, 5) is 0. The lowest BCUT2D eigenvalue weighted by molar-refractivity contribution is 0.591. The van der Waals surface area contributed by atoms with Crippen LogP contribution in [0.3, 0.4) is 0 Å². The Balaban J connectivity index is 3.25. The van der Waals surface area contributed by atoms with E-state index in [0.29, 0.717) is 17.1 Å². The Kier molecular flexibility index (Phi) is 3.54. The first-order valence-electron chi connectivity index (χ1n) is 3.91. The summed E-state index contributed by atoms with van der Waals surface area (Å²) in [5.41, 5.74) is 5.82. The van der Waals surface area contributed by atoms with Gasteiger partial charge in [-0.15, -0.1) is 0 Å². The monoisotopic (exact) mass is 221 g/mol. The van der Waals surface area contributed by atoms with Crippen LogP contribution in [-0.4, -0.2) is 6.54 Å². The number of benzene rings is 1. The average Bonchev–Trinajstić information content (AvgIpc) is 2.12. The Labute approximate surface area is 86.6 Å². The predicted octanol–water partition coefficient (Wildman–Crippen LogP) is 3.19. The van der Waals surface area contributed by atoms with Crippen molar-refractivity contribution in [3.63, 3.8) is 0 Å². The van der Waals surface area contributed by atoms with Gasteiger partial charge in [0.05, 0.1) is 5.02 Å². The molecule has 0 fully saturated rings. The fourth-order valence-corrected chi connectivity index (χ4v) is 1.61. The topological polar surface area (TPSA) is 26.0 Å². The number of rotatable bonds is 2. The zero-order chi connectivity index (χ0) is 10.0. The molecule has 1 rings (SSSR count). The first-order valence-corrected chi connectivity index (χ1v) is 4.67. The van der Waals surface area contributed by atoms with Crippen LogP contribution in [0.15, 0.2) is 12.1 Å². The van der Waals surface area contributed by atoms with Crippen molar-refractivity contribution >= 4 is 23.2 Å². The molecule has 0 bridgehead atoms. The van der Waals surface area contributed by atoms with Crippen LogP contribution in [0.1, 0.15) is 18.4 Å². The maximum absolute atomic E-state index is 13.4. The zero-order valence-corrected chi connectivity index (χ0v) is 8.66. The summed E-state index contributed by atoms with van der Waals surface area (Å²) < 4.78 is 13.4. The molecule has 2 N–H and O–H groups in total. The molecule has 1 unspecified atom stereocenters. The molecule has 1 aromatic rings. The molecular weight excluding hydrogens is 212 g/mol. The lowest BCUT2D eigenvalue weighted by atomic mass is 10.0. The minimum absolute atomic E-state index is 0.0831. The van der Waals surface area contributed by atoms with E-state index in [2.05, 4.69) is 0 Å². The molecular formula is C9H10Cl2FN. The summed E-state index contributed by atoms with van der Waals surface area (Å²) in [7, 11) is 0. The Hall–Kier alpha value is -0.310. The Morgan fingerprint density at radius 1 is 1.38 bits per heavy atom. The van der Waals surface area contributed by atoms with Crippen molar-refractivity contribution in [2.24, 2.45) is 5.73 Å². The van der Waals surface area contributed by atoms with Gasteiger partial charge in [-0.1, -0.05) is 30.1 Å². The molecule has 0 aliphatic rings. The molecule has 1 aromatic carbocycles. The normalized spacial score (nSPS) is 13.0. The Bertz CT molecular complexity index is 315. The minimum atomic E-state index is -0.466. The fourth-order valence-electron chi connectivity index (χ4n) is 1.11. The van der Waals surface area contributed by atoms with E-state index in [1.54, 1.807) is 13.0 Å². The van der Waals surface area contributed by atoms with Crippen molar-refractivity contribution in [2.45, 2.75) is 12.8 Å². The molecule has 0 spiro atoms. The van der Waals surface area contributed by atoms with Gasteiger partial charge in [-0.25, -0.2) is 4.39 Å². The van der Waals surface area contributed by atoms with Gasteiger partial charge in [-0.2, -0.15) is 0 Å². The van der Waals surface area contributed by atoms with Crippen LogP contribution >= 0.6 is 23.2 Å². The molecule has 1 nitrogen and oxygen atoms in total. The quantitative estimate of drug-likeness (QED) is 0.764. The highest BCUT2D eigenvalue weighted by Crippen LogP contribution is 2.30. The molecule has 0 saturated heterocycles. The molecule has 72 valence electrons. The standard InChI is InChI=1S/C9H10Cl2FN/c1-5(4-13)8-6(10)2-3-7(11)9(8)12/h2-3,5H,4,13H2,1H3. The van der Waals surface area contributed by atoms with Gasteiger partial charge in [-0.05, 0) is 24.6 Å². The second-order valence-corrected chi connectivity index (χ2v) is 3.71. The van der Waals surface area contributed by atoms with Crippen LogP contribution in [-0.2, 0) is 0 Å². The number of hydrogen-bond donors (Lipinski definition) is 1. The van der Waals surface area contributed by atoms with Gasteiger partial charge in [0, 0.05) is 10.6 Å². The molecule has 0 aromatic heterocycles. The van der Waals surface area contributed by atoms with Crippen molar-refractivity contribution in [1.29, 1.82) is 0 Å². The van der Waals surface area contributed by atoms with E-state index < -0.39 is 5.82 Å². The number of hydrogen-bond acceptors (Lipinski definition) is 1. The molecule has 0 amide bonds. The smallest absolute Gasteiger partial charge is 0.146 e. The van der Waals surface area contributed by atoms with E-state index in [0.717, 1.165) is 0 Å². The lowest BCUT2D eigenvalue weighted by Gasteiger charge is -2.12. The van der Waals surface area contributed by atoms with Crippen molar-refractivity contribution < 1.29 is 4.39 Å². The van der Waals surface area contributed by atoms with E-state index >= 15 is 0 Å². The molecule has 4 heteroatoms. The highest BCUT2D eigenvalue weighted by Gasteiger charge is 2.15. The summed E-state index contributed by atoms with van der Waals surface area (Å²) in [6.07, 6.45) is 0. The Morgan fingerprint density at radius 3 is 2.46 bits per heavy atom. The summed E-state index contributed by atoms with van der Waals surface area (Å²) >= 11 is 11.4. The molecule has 0 saturated carbocycles. The average molecular weight is 222 g/mol. The molecule has 0 radical (unpaired) electrons. The highest BCUT2D eigenvalue weighted by atomic mass is 35.5. The van der Waals surface area contributed by atoms with Crippen LogP contribution in [0.4, 0.5) is 4.39 Å². The SMILES string of the molecule is CC(CN)c1c(Cl)ccc(Cl)c1F. The summed E-state index contributed by atoms with van der Waals surface area (Å²) in [5, 5.41) is 0.458. The van der Waals surface area contributed by atoms with Gasteiger partial charge in [-0.3, -0.25) is 0 Å². The zero-order valence-electron chi connectivity index (χ0n) is 7.15. The van der Waals surface area contributed by atoms with Gasteiger partial charge in [0.2, 0.25) is 0 Å². The maximum atomic E-state index is 13.4. The van der Waals surface area contributed by atoms with Crippen LogP contribution in [0.2, 0.25) is 10.0 Å². The largest absolute Gasteiger partial charge is 0.330 e. The van der Waals surface area contributed by atoms with Crippen molar-refractivity contribution in [3.05, 3.63) is 33.6 Å². The number of nitrogens with two attached hydrogens (primary N) is 1. The summed E-state index contributed by atoms with van der Waals surface area (Å²) in [6, 6.07) is 3.01. The molecule has 0 heterocycles. The van der Waals surface area contributed by atoms with E-state index in [4.69, 9.17) is 28.9 Å². The van der Waals surface area contributed by atoms with Crippen LogP contribution in [0.25, 0.3) is 0 Å². The third-order valence-electron chi connectivity index (χ3n) is 1.93. The second-order valence-electron chi connectivity index (χ2n) is 2.89. The van der Waals surface area contributed by atoms with Gasteiger partial charge < -0.3 is 5.73 Å². The third-order valence-corrected chi connectivity index (χ3v) is 2.55.